The van der Waals surface area contributed by atoms with Crippen molar-refractivity contribution >= 4 is 29.6 Å². The van der Waals surface area contributed by atoms with Gasteiger partial charge in [0, 0.05) is 12.7 Å². The van der Waals surface area contributed by atoms with Crippen LogP contribution in [0.3, 0.4) is 0 Å². The number of ether oxygens (including phenoxy) is 2. The van der Waals surface area contributed by atoms with Gasteiger partial charge in [-0.25, -0.2) is 19.7 Å². The smallest absolute Gasteiger partial charge is 0.416 e. The quantitative estimate of drug-likeness (QED) is 0.585. The van der Waals surface area contributed by atoms with Gasteiger partial charge in [-0.1, -0.05) is 6.07 Å². The van der Waals surface area contributed by atoms with Crippen molar-refractivity contribution in [3.8, 4) is 0 Å². The summed E-state index contributed by atoms with van der Waals surface area (Å²) in [7, 11) is 1.40. The maximum Gasteiger partial charge on any atom is 0.416 e. The van der Waals surface area contributed by atoms with Gasteiger partial charge in [-0.15, -0.1) is 0 Å². The van der Waals surface area contributed by atoms with E-state index in [1.165, 1.54) is 20.0 Å². The zero-order valence-corrected chi connectivity index (χ0v) is 19.8. The normalized spacial score (nSPS) is 16.2. The van der Waals surface area contributed by atoms with E-state index in [1.807, 2.05) is 0 Å². The second-order valence-electron chi connectivity index (χ2n) is 8.96. The highest BCUT2D eigenvalue weighted by atomic mass is 19.4. The third kappa shape index (κ3) is 6.25. The average Bonchev–Trinajstić information content (AvgIpc) is 3.11. The molecule has 35 heavy (non-hydrogen) atoms. The minimum atomic E-state index is -4.67. The van der Waals surface area contributed by atoms with Gasteiger partial charge in [0.2, 0.25) is 0 Å². The van der Waals surface area contributed by atoms with Crippen LogP contribution in [0, 0.1) is 6.92 Å². The number of alkyl halides is 3. The lowest BCUT2D eigenvalue weighted by molar-refractivity contribution is -0.154. The number of carbonyl (C=O) groups is 3. The Kier molecular flexibility index (Phi) is 7.04. The first-order chi connectivity index (χ1) is 16.2. The van der Waals surface area contributed by atoms with Crippen molar-refractivity contribution in [2.24, 2.45) is 0 Å². The highest BCUT2D eigenvalue weighted by Crippen LogP contribution is 2.33. The van der Waals surface area contributed by atoms with Crippen LogP contribution in [0.25, 0.3) is 0 Å². The van der Waals surface area contributed by atoms with E-state index < -0.39 is 41.4 Å². The Labute approximate surface area is 199 Å². The van der Waals surface area contributed by atoms with Gasteiger partial charge in [-0.2, -0.15) is 13.2 Å². The van der Waals surface area contributed by atoms with Crippen molar-refractivity contribution in [1.29, 1.82) is 0 Å². The van der Waals surface area contributed by atoms with Crippen LogP contribution in [0.15, 0.2) is 30.3 Å². The first-order valence-corrected chi connectivity index (χ1v) is 10.6. The molecule has 0 bridgehead atoms. The predicted molar refractivity (Wildman–Crippen MR) is 119 cm³/mol. The summed E-state index contributed by atoms with van der Waals surface area (Å²) in [4.78, 5) is 48.0. The average molecular weight is 494 g/mol. The number of carbonyl (C=O) groups excluding carboxylic acids is 3. The zero-order chi connectivity index (χ0) is 26.1. The first-order valence-electron chi connectivity index (χ1n) is 10.6. The molecule has 1 atom stereocenters. The zero-order valence-electron chi connectivity index (χ0n) is 19.8. The molecule has 0 saturated carbocycles. The van der Waals surface area contributed by atoms with E-state index in [2.05, 4.69) is 9.97 Å². The van der Waals surface area contributed by atoms with Crippen LogP contribution in [-0.2, 0) is 31.7 Å². The maximum atomic E-state index is 13.3. The molecular weight excluding hydrogens is 469 g/mol. The third-order valence-electron chi connectivity index (χ3n) is 4.88. The maximum absolute atomic E-state index is 13.3. The van der Waals surface area contributed by atoms with E-state index in [9.17, 15) is 27.6 Å². The topological polar surface area (TPSA) is 102 Å². The molecule has 0 unspecified atom stereocenters. The van der Waals surface area contributed by atoms with Gasteiger partial charge in [-0.05, 0) is 52.0 Å². The van der Waals surface area contributed by atoms with Gasteiger partial charge in [0.05, 0.1) is 17.7 Å². The van der Waals surface area contributed by atoms with E-state index in [0.717, 1.165) is 15.9 Å². The third-order valence-corrected chi connectivity index (χ3v) is 4.88. The van der Waals surface area contributed by atoms with Crippen molar-refractivity contribution < 1.29 is 37.0 Å². The highest BCUT2D eigenvalue weighted by Gasteiger charge is 2.43. The lowest BCUT2D eigenvalue weighted by atomic mass is 10.2. The Bertz CT molecular complexity index is 1150. The number of nitrogens with zero attached hydrogens (tertiary/aromatic N) is 4. The molecule has 9 nitrogen and oxygen atoms in total. The van der Waals surface area contributed by atoms with Crippen LogP contribution in [0.2, 0.25) is 0 Å². The molecule has 1 fully saturated rings. The summed E-state index contributed by atoms with van der Waals surface area (Å²) in [5.74, 6) is -1.33. The van der Waals surface area contributed by atoms with E-state index >= 15 is 0 Å². The number of anilines is 2. The Balaban J connectivity index is 1.84. The van der Waals surface area contributed by atoms with Crippen molar-refractivity contribution in [3.63, 3.8) is 0 Å². The summed E-state index contributed by atoms with van der Waals surface area (Å²) in [6.45, 7) is 6.18. The Morgan fingerprint density at radius 3 is 2.51 bits per heavy atom. The molecule has 0 spiro atoms. The molecule has 1 aliphatic rings. The lowest BCUT2D eigenvalue weighted by Gasteiger charge is -2.25. The van der Waals surface area contributed by atoms with Crippen LogP contribution in [0.4, 0.5) is 29.6 Å². The van der Waals surface area contributed by atoms with Crippen LogP contribution in [0.1, 0.15) is 37.7 Å². The molecule has 3 rings (SSSR count). The second kappa shape index (κ2) is 9.51. The molecule has 2 aromatic heterocycles. The summed E-state index contributed by atoms with van der Waals surface area (Å²) < 4.78 is 50.1. The molecule has 188 valence electrons. The van der Waals surface area contributed by atoms with E-state index in [1.54, 1.807) is 32.9 Å². The van der Waals surface area contributed by atoms with Crippen LogP contribution < -0.4 is 9.80 Å². The summed E-state index contributed by atoms with van der Waals surface area (Å²) in [5.41, 5.74) is -1.31. The Hall–Kier alpha value is -3.70. The summed E-state index contributed by atoms with van der Waals surface area (Å²) in [6.07, 6.45) is -5.78. The Morgan fingerprint density at radius 2 is 1.89 bits per heavy atom. The minimum absolute atomic E-state index is 0.0191. The molecular formula is C23H25F3N4O5. The number of amides is 2. The van der Waals surface area contributed by atoms with Gasteiger partial charge in [0.15, 0.2) is 6.04 Å². The molecule has 0 radical (unpaired) electrons. The van der Waals surface area contributed by atoms with Crippen LogP contribution >= 0.6 is 0 Å². The molecule has 1 aliphatic heterocycles. The number of aryl methyl sites for hydroxylation is 1. The minimum Gasteiger partial charge on any atom is -0.460 e. The van der Waals surface area contributed by atoms with E-state index in [4.69, 9.17) is 9.47 Å². The van der Waals surface area contributed by atoms with Gasteiger partial charge in [0.25, 0.3) is 5.91 Å². The SMILES string of the molecule is Cc1cc(C(F)(F)F)cc(N2C(=O)OC[C@H]2C(=O)N(C)c2cccc(CC(=O)OC(C)(C)C)n2)n1. The number of rotatable bonds is 5. The second-order valence-corrected chi connectivity index (χ2v) is 8.96. The predicted octanol–water partition coefficient (Wildman–Crippen LogP) is 3.68. The van der Waals surface area contributed by atoms with Gasteiger partial charge < -0.3 is 9.47 Å². The van der Waals surface area contributed by atoms with Gasteiger partial charge >= 0.3 is 18.2 Å². The first kappa shape index (κ1) is 25.9. The summed E-state index contributed by atoms with van der Waals surface area (Å²) >= 11 is 0. The lowest BCUT2D eigenvalue weighted by Crippen LogP contribution is -2.47. The Morgan fingerprint density at radius 1 is 1.20 bits per heavy atom. The van der Waals surface area contributed by atoms with Crippen molar-refractivity contribution in [2.45, 2.75) is 51.9 Å². The summed E-state index contributed by atoms with van der Waals surface area (Å²) in [6, 6.07) is 4.98. The number of pyridine rings is 2. The van der Waals surface area contributed by atoms with Gasteiger partial charge in [-0.3, -0.25) is 14.5 Å². The number of likely N-dealkylation sites (N-methyl/N-ethyl adjacent to an activating group) is 1. The number of esters is 1. The van der Waals surface area contributed by atoms with Crippen molar-refractivity contribution in [1.82, 2.24) is 9.97 Å². The fourth-order valence-corrected chi connectivity index (χ4v) is 3.41. The van der Waals surface area contributed by atoms with Crippen molar-refractivity contribution in [2.75, 3.05) is 23.5 Å². The molecule has 2 amide bonds. The molecule has 2 aromatic rings. The fourth-order valence-electron chi connectivity index (χ4n) is 3.41. The summed E-state index contributed by atoms with van der Waals surface area (Å²) in [5, 5.41) is 0. The number of hydrogen-bond acceptors (Lipinski definition) is 7. The number of aromatic nitrogens is 2. The van der Waals surface area contributed by atoms with Gasteiger partial charge in [0.1, 0.15) is 23.8 Å². The van der Waals surface area contributed by atoms with Crippen LogP contribution in [-0.4, -0.2) is 53.2 Å². The highest BCUT2D eigenvalue weighted by molar-refractivity contribution is 6.05. The molecule has 0 aromatic carbocycles. The standard InChI is InChI=1S/C23H25F3N4O5/c1-13-9-14(23(24,25)26)10-18(27-13)30-16(12-34-21(30)33)20(32)29(5)17-8-6-7-15(28-17)11-19(31)35-22(2,3)4/h6-10,16H,11-12H2,1-5H3/t16-/m0/s1. The molecule has 0 aliphatic carbocycles. The molecule has 3 heterocycles. The fraction of sp³-hybridized carbons (Fsp3) is 0.435. The molecule has 12 heteroatoms. The molecule has 1 saturated heterocycles. The number of halogens is 3. The van der Waals surface area contributed by atoms with Crippen LogP contribution in [0.5, 0.6) is 0 Å². The number of cyclic esters (lactones) is 1. The largest absolute Gasteiger partial charge is 0.460 e. The monoisotopic (exact) mass is 494 g/mol. The number of hydrogen-bond donors (Lipinski definition) is 0. The van der Waals surface area contributed by atoms with Crippen molar-refractivity contribution in [3.05, 3.63) is 47.3 Å². The molecule has 0 N–H and O–H groups in total. The van der Waals surface area contributed by atoms with E-state index in [-0.39, 0.29) is 30.4 Å². The van der Waals surface area contributed by atoms with E-state index in [0.29, 0.717) is 11.8 Å².